The molecule has 1 aromatic heterocycles. The van der Waals surface area contributed by atoms with Crippen LogP contribution in [-0.2, 0) is 0 Å². The van der Waals surface area contributed by atoms with Crippen LogP contribution in [0.3, 0.4) is 0 Å². The first-order chi connectivity index (χ1) is 10.5. The van der Waals surface area contributed by atoms with Crippen LogP contribution in [0.25, 0.3) is 11.0 Å². The van der Waals surface area contributed by atoms with Crippen molar-refractivity contribution in [3.8, 4) is 0 Å². The number of nitrogens with zero attached hydrogens (tertiary/aromatic N) is 1. The number of carbonyl (C=O) groups is 2. The number of aromatic carboxylic acids is 1. The van der Waals surface area contributed by atoms with Gasteiger partial charge in [0.2, 0.25) is 5.95 Å². The van der Waals surface area contributed by atoms with Crippen LogP contribution >= 0.6 is 0 Å². The summed E-state index contributed by atoms with van der Waals surface area (Å²) in [4.78, 5) is 30.8. The molecule has 2 aromatic carbocycles. The molecule has 0 aliphatic heterocycles. The normalized spacial score (nSPS) is 10.6. The van der Waals surface area contributed by atoms with E-state index in [0.717, 1.165) is 16.6 Å². The van der Waals surface area contributed by atoms with Gasteiger partial charge < -0.3 is 10.1 Å². The fourth-order valence-electron chi connectivity index (χ4n) is 2.22. The zero-order valence-electron chi connectivity index (χ0n) is 11.8. The molecule has 1 amide bonds. The second kappa shape index (κ2) is 5.33. The highest BCUT2D eigenvalue weighted by atomic mass is 16.4. The Morgan fingerprint density at radius 2 is 1.91 bits per heavy atom. The molecule has 0 radical (unpaired) electrons. The van der Waals surface area contributed by atoms with Gasteiger partial charge in [-0.3, -0.25) is 10.1 Å². The van der Waals surface area contributed by atoms with Crippen molar-refractivity contribution in [1.82, 2.24) is 9.97 Å². The van der Waals surface area contributed by atoms with Crippen LogP contribution < -0.4 is 5.32 Å². The number of fused-ring (bicyclic) bond motifs is 1. The molecule has 22 heavy (non-hydrogen) atoms. The van der Waals surface area contributed by atoms with E-state index in [2.05, 4.69) is 15.3 Å². The van der Waals surface area contributed by atoms with Gasteiger partial charge in [-0.15, -0.1) is 0 Å². The molecule has 6 nitrogen and oxygen atoms in total. The summed E-state index contributed by atoms with van der Waals surface area (Å²) in [5.41, 5.74) is 2.38. The van der Waals surface area contributed by atoms with Crippen LogP contribution in [0.15, 0.2) is 42.5 Å². The summed E-state index contributed by atoms with van der Waals surface area (Å²) in [5, 5.41) is 11.8. The van der Waals surface area contributed by atoms with Gasteiger partial charge in [0.05, 0.1) is 22.2 Å². The van der Waals surface area contributed by atoms with Gasteiger partial charge in [0.1, 0.15) is 0 Å². The summed E-state index contributed by atoms with van der Waals surface area (Å²) in [5.74, 6) is -1.38. The summed E-state index contributed by atoms with van der Waals surface area (Å²) in [6, 6.07) is 12.0. The third kappa shape index (κ3) is 2.54. The molecule has 3 rings (SSSR count). The van der Waals surface area contributed by atoms with Crippen LogP contribution in [0.5, 0.6) is 0 Å². The second-order valence-corrected chi connectivity index (χ2v) is 4.91. The van der Waals surface area contributed by atoms with Crippen LogP contribution in [0.4, 0.5) is 5.95 Å². The number of benzene rings is 2. The lowest BCUT2D eigenvalue weighted by Crippen LogP contribution is -2.17. The number of nitrogens with one attached hydrogen (secondary N) is 2. The average molecular weight is 295 g/mol. The van der Waals surface area contributed by atoms with Crippen LogP contribution in [0, 0.1) is 6.92 Å². The van der Waals surface area contributed by atoms with E-state index in [1.54, 1.807) is 19.1 Å². The van der Waals surface area contributed by atoms with Gasteiger partial charge in [-0.05, 0) is 31.2 Å². The molecule has 0 atom stereocenters. The van der Waals surface area contributed by atoms with E-state index >= 15 is 0 Å². The van der Waals surface area contributed by atoms with Crippen molar-refractivity contribution in [1.29, 1.82) is 0 Å². The van der Waals surface area contributed by atoms with E-state index in [-0.39, 0.29) is 17.1 Å². The highest BCUT2D eigenvalue weighted by molar-refractivity contribution is 6.10. The number of aryl methyl sites for hydroxylation is 1. The quantitative estimate of drug-likeness (QED) is 0.692. The van der Waals surface area contributed by atoms with Gasteiger partial charge in [0, 0.05) is 0 Å². The Kier molecular flexibility index (Phi) is 3.34. The number of amides is 1. The van der Waals surface area contributed by atoms with Gasteiger partial charge >= 0.3 is 5.97 Å². The predicted octanol–water partition coefficient (Wildman–Crippen LogP) is 2.82. The lowest BCUT2D eigenvalue weighted by Gasteiger charge is -2.06. The van der Waals surface area contributed by atoms with E-state index < -0.39 is 11.9 Å². The van der Waals surface area contributed by atoms with Crippen molar-refractivity contribution in [2.24, 2.45) is 0 Å². The van der Waals surface area contributed by atoms with Gasteiger partial charge in [-0.25, -0.2) is 9.78 Å². The molecule has 0 fully saturated rings. The molecule has 0 bridgehead atoms. The molecule has 110 valence electrons. The van der Waals surface area contributed by atoms with E-state index in [9.17, 15) is 14.7 Å². The van der Waals surface area contributed by atoms with E-state index in [0.29, 0.717) is 0 Å². The highest BCUT2D eigenvalue weighted by Crippen LogP contribution is 2.16. The summed E-state index contributed by atoms with van der Waals surface area (Å²) in [6.07, 6.45) is 0. The number of imidazole rings is 1. The highest BCUT2D eigenvalue weighted by Gasteiger charge is 2.17. The second-order valence-electron chi connectivity index (χ2n) is 4.91. The largest absolute Gasteiger partial charge is 0.478 e. The number of carboxylic acids is 1. The molecule has 1 heterocycles. The lowest BCUT2D eigenvalue weighted by molar-refractivity contribution is 0.0692. The number of H-pyrrole nitrogens is 1. The third-order valence-corrected chi connectivity index (χ3v) is 3.27. The summed E-state index contributed by atoms with van der Waals surface area (Å²) in [6.45, 7) is 1.80. The third-order valence-electron chi connectivity index (χ3n) is 3.27. The first kappa shape index (κ1) is 13.8. The number of hydrogen-bond donors (Lipinski definition) is 3. The number of anilines is 1. The maximum atomic E-state index is 12.3. The molecular formula is C16H13N3O3. The minimum atomic E-state index is -1.14. The SMILES string of the molecule is Cc1ccc(C(=O)O)c(C(=O)Nc2nc3ccccc3[nH]2)c1. The van der Waals surface area contributed by atoms with E-state index in [1.807, 2.05) is 24.3 Å². The number of carboxylic acid groups (broad SMARTS) is 1. The van der Waals surface area contributed by atoms with Crippen molar-refractivity contribution in [3.05, 3.63) is 59.2 Å². The molecule has 3 aromatic rings. The summed E-state index contributed by atoms with van der Waals surface area (Å²) in [7, 11) is 0. The molecule has 0 aliphatic carbocycles. The average Bonchev–Trinajstić information content (AvgIpc) is 2.88. The van der Waals surface area contributed by atoms with Gasteiger partial charge in [0.25, 0.3) is 5.91 Å². The minimum absolute atomic E-state index is 0.0424. The maximum Gasteiger partial charge on any atom is 0.336 e. The number of rotatable bonds is 3. The lowest BCUT2D eigenvalue weighted by atomic mass is 10.0. The van der Waals surface area contributed by atoms with Gasteiger partial charge in [0.15, 0.2) is 0 Å². The Hall–Kier alpha value is -3.15. The molecule has 0 spiro atoms. The number of hydrogen-bond acceptors (Lipinski definition) is 3. The maximum absolute atomic E-state index is 12.3. The summed E-state index contributed by atoms with van der Waals surface area (Å²) >= 11 is 0. The number of para-hydroxylation sites is 2. The van der Waals surface area contributed by atoms with E-state index in [1.165, 1.54) is 6.07 Å². The molecule has 0 saturated carbocycles. The summed E-state index contributed by atoms with van der Waals surface area (Å²) < 4.78 is 0. The van der Waals surface area contributed by atoms with Crippen molar-refractivity contribution < 1.29 is 14.7 Å². The number of aromatic amines is 1. The van der Waals surface area contributed by atoms with Crippen LogP contribution in [-0.4, -0.2) is 27.0 Å². The van der Waals surface area contributed by atoms with Crippen molar-refractivity contribution in [3.63, 3.8) is 0 Å². The Morgan fingerprint density at radius 1 is 1.14 bits per heavy atom. The Labute approximate surface area is 125 Å². The minimum Gasteiger partial charge on any atom is -0.478 e. The van der Waals surface area contributed by atoms with Gasteiger partial charge in [-0.2, -0.15) is 0 Å². The molecule has 3 N–H and O–H groups in total. The molecule has 6 heteroatoms. The first-order valence-electron chi connectivity index (χ1n) is 6.64. The predicted molar refractivity (Wildman–Crippen MR) is 82.2 cm³/mol. The zero-order chi connectivity index (χ0) is 15.7. The van der Waals surface area contributed by atoms with E-state index in [4.69, 9.17) is 0 Å². The van der Waals surface area contributed by atoms with Gasteiger partial charge in [-0.1, -0.05) is 23.8 Å². The Bertz CT molecular complexity index is 850. The molecule has 0 saturated heterocycles. The Morgan fingerprint density at radius 3 is 2.64 bits per heavy atom. The molecule has 0 unspecified atom stereocenters. The Balaban J connectivity index is 1.94. The zero-order valence-corrected chi connectivity index (χ0v) is 11.8. The molecule has 0 aliphatic rings. The van der Waals surface area contributed by atoms with Crippen LogP contribution in [0.1, 0.15) is 26.3 Å². The number of carbonyl (C=O) groups excluding carboxylic acids is 1. The smallest absolute Gasteiger partial charge is 0.336 e. The van der Waals surface area contributed by atoms with Crippen molar-refractivity contribution >= 4 is 28.9 Å². The van der Waals surface area contributed by atoms with Crippen molar-refractivity contribution in [2.75, 3.05) is 5.32 Å². The first-order valence-corrected chi connectivity index (χ1v) is 6.64. The van der Waals surface area contributed by atoms with Crippen LogP contribution in [0.2, 0.25) is 0 Å². The topological polar surface area (TPSA) is 95.1 Å². The fraction of sp³-hybridized carbons (Fsp3) is 0.0625. The molecular weight excluding hydrogens is 282 g/mol. The monoisotopic (exact) mass is 295 g/mol. The fourth-order valence-corrected chi connectivity index (χ4v) is 2.22. The standard InChI is InChI=1S/C16H13N3O3/c1-9-6-7-10(15(21)22)11(8-9)14(20)19-16-17-12-4-2-3-5-13(12)18-16/h2-8H,1H3,(H,21,22)(H2,17,18,19,20). The number of aromatic nitrogens is 2. The van der Waals surface area contributed by atoms with Crippen molar-refractivity contribution in [2.45, 2.75) is 6.92 Å².